The predicted octanol–water partition coefficient (Wildman–Crippen LogP) is 15.3. The van der Waals surface area contributed by atoms with Crippen LogP contribution in [-0.4, -0.2) is 9.97 Å². The average Bonchev–Trinajstić information content (AvgIpc) is 3.74. The smallest absolute Gasteiger partial charge is 0.143 e. The van der Waals surface area contributed by atoms with Crippen molar-refractivity contribution < 1.29 is 14.0 Å². The van der Waals surface area contributed by atoms with Crippen LogP contribution in [0.4, 0.5) is 0 Å². The van der Waals surface area contributed by atoms with Crippen molar-refractivity contribution in [2.24, 2.45) is 0 Å². The highest BCUT2D eigenvalue weighted by Gasteiger charge is 2.29. The van der Waals surface area contributed by atoms with Gasteiger partial charge in [0.1, 0.15) is 11.5 Å². The molecule has 0 aliphatic rings. The Labute approximate surface area is 350 Å². The van der Waals surface area contributed by atoms with Crippen molar-refractivity contribution in [3.8, 4) is 56.2 Å². The summed E-state index contributed by atoms with van der Waals surface area (Å²) in [4.78, 5) is 9.24. The minimum atomic E-state index is -0.474. The second-order valence-corrected chi connectivity index (χ2v) is 14.7. The highest BCUT2D eigenvalue weighted by molar-refractivity contribution is 6.16. The van der Waals surface area contributed by atoms with Crippen LogP contribution in [0, 0.1) is 0 Å². The van der Waals surface area contributed by atoms with Gasteiger partial charge in [0.2, 0.25) is 0 Å². The summed E-state index contributed by atoms with van der Waals surface area (Å²) in [6.07, 6.45) is -0.474. The van der Waals surface area contributed by atoms with Gasteiger partial charge in [-0.3, -0.25) is 4.98 Å². The highest BCUT2D eigenvalue weighted by atomic mass is 16.3. The van der Waals surface area contributed by atoms with Gasteiger partial charge in [0.15, 0.2) is 0 Å². The maximum Gasteiger partial charge on any atom is 0.143 e. The number of hydrogen-bond donors (Lipinski definition) is 0. The standard InChI is InChI=1S/C56H34N2O/c1-4-20-40-35(13-1)16-9-25-46(40)51-52(56(49-27-11-18-37-15-3-6-22-42(37)49)59-55(51)48-26-10-17-36-14-2-5-21-41(36)48)47-32-31-45(43-23-7-8-24-44(43)47)50-33-30-39-29-28-38-19-12-34-57-53(38)54(39)58-50/h1-34H/i12D,19D,28D,29D,30D,33D,34D. The van der Waals surface area contributed by atoms with Gasteiger partial charge in [-0.15, -0.1) is 0 Å². The number of pyridine rings is 2. The van der Waals surface area contributed by atoms with E-state index in [1.165, 1.54) is 0 Å². The van der Waals surface area contributed by atoms with Crippen molar-refractivity contribution in [2.75, 3.05) is 0 Å². The fraction of sp³-hybridized carbons (Fsp3) is 0. The number of benzene rings is 9. The third-order valence-corrected chi connectivity index (χ3v) is 11.4. The third-order valence-electron chi connectivity index (χ3n) is 11.4. The fourth-order valence-corrected chi connectivity index (χ4v) is 8.78. The molecule has 0 unspecified atom stereocenters. The molecule has 0 fully saturated rings. The summed E-state index contributed by atoms with van der Waals surface area (Å²) >= 11 is 0. The predicted molar refractivity (Wildman–Crippen MR) is 247 cm³/mol. The Hall–Kier alpha value is -7.88. The largest absolute Gasteiger partial charge is 0.455 e. The van der Waals surface area contributed by atoms with Gasteiger partial charge < -0.3 is 4.42 Å². The van der Waals surface area contributed by atoms with Gasteiger partial charge in [-0.05, 0) is 66.3 Å². The topological polar surface area (TPSA) is 38.9 Å². The molecule has 0 saturated heterocycles. The molecule has 274 valence electrons. The van der Waals surface area contributed by atoms with Crippen molar-refractivity contribution in [2.45, 2.75) is 0 Å². The van der Waals surface area contributed by atoms with Gasteiger partial charge in [-0.1, -0.05) is 188 Å². The molecule has 12 aromatic rings. The van der Waals surface area contributed by atoms with Gasteiger partial charge >= 0.3 is 0 Å². The SMILES string of the molecule is [2H]c1nc2c(c([2H])c1[2H])c([2H])c([2H])c1c([2H])c([2H])c(-c3ccc(-c4c(-c5cccc6ccccc56)oc(-c5cccc6ccccc56)c4-c4cccc5ccccc45)c4ccccc34)nc12. The minimum absolute atomic E-state index is 0.0218. The minimum Gasteiger partial charge on any atom is -0.455 e. The van der Waals surface area contributed by atoms with Crippen molar-refractivity contribution in [1.29, 1.82) is 0 Å². The lowest BCUT2D eigenvalue weighted by Gasteiger charge is -2.16. The van der Waals surface area contributed by atoms with Gasteiger partial charge in [0, 0.05) is 44.8 Å². The van der Waals surface area contributed by atoms with E-state index in [4.69, 9.17) is 16.3 Å². The second kappa shape index (κ2) is 13.4. The molecule has 3 nitrogen and oxygen atoms in total. The van der Waals surface area contributed by atoms with Crippen molar-refractivity contribution in [1.82, 2.24) is 9.97 Å². The first-order valence-electron chi connectivity index (χ1n) is 23.0. The van der Waals surface area contributed by atoms with Crippen LogP contribution in [0.15, 0.2) is 211 Å². The van der Waals surface area contributed by atoms with E-state index < -0.39 is 24.3 Å². The van der Waals surface area contributed by atoms with Gasteiger partial charge in [0.05, 0.1) is 26.3 Å². The van der Waals surface area contributed by atoms with E-state index in [1.54, 1.807) is 0 Å². The lowest BCUT2D eigenvalue weighted by molar-refractivity contribution is 0.600. The van der Waals surface area contributed by atoms with Crippen LogP contribution >= 0.6 is 0 Å². The monoisotopic (exact) mass is 757 g/mol. The average molecular weight is 758 g/mol. The summed E-state index contributed by atoms with van der Waals surface area (Å²) in [5.41, 5.74) is 6.23. The highest BCUT2D eigenvalue weighted by Crippen LogP contribution is 2.53. The zero-order chi connectivity index (χ0) is 45.0. The van der Waals surface area contributed by atoms with Crippen molar-refractivity contribution in [3.05, 3.63) is 206 Å². The lowest BCUT2D eigenvalue weighted by atomic mass is 9.85. The maximum atomic E-state index is 9.38. The summed E-state index contributed by atoms with van der Waals surface area (Å²) in [7, 11) is 0. The van der Waals surface area contributed by atoms with Crippen LogP contribution in [0.25, 0.3) is 121 Å². The van der Waals surface area contributed by atoms with E-state index >= 15 is 0 Å². The molecule has 0 atom stereocenters. The van der Waals surface area contributed by atoms with Crippen LogP contribution in [-0.2, 0) is 0 Å². The first kappa shape index (κ1) is 26.9. The molecule has 0 radical (unpaired) electrons. The maximum absolute atomic E-state index is 9.38. The molecule has 3 heteroatoms. The van der Waals surface area contributed by atoms with Crippen molar-refractivity contribution in [3.63, 3.8) is 0 Å². The zero-order valence-electron chi connectivity index (χ0n) is 38.4. The molecule has 0 amide bonds. The van der Waals surface area contributed by atoms with E-state index in [9.17, 15) is 2.74 Å². The van der Waals surface area contributed by atoms with Crippen LogP contribution < -0.4 is 0 Å². The van der Waals surface area contributed by atoms with E-state index in [0.29, 0.717) is 11.3 Å². The molecule has 3 aromatic heterocycles. The van der Waals surface area contributed by atoms with Crippen LogP contribution in [0.5, 0.6) is 0 Å². The van der Waals surface area contributed by atoms with Gasteiger partial charge in [-0.2, -0.15) is 0 Å². The molecule has 0 bridgehead atoms. The number of hydrogen-bond acceptors (Lipinski definition) is 3. The molecule has 3 heterocycles. The molecule has 0 saturated carbocycles. The molecule has 9 aromatic carbocycles. The molecule has 0 aliphatic carbocycles. The van der Waals surface area contributed by atoms with E-state index in [1.807, 2.05) is 60.7 Å². The number of aromatic nitrogens is 2. The summed E-state index contributed by atoms with van der Waals surface area (Å²) < 4.78 is 69.0. The Balaban J connectivity index is 1.22. The van der Waals surface area contributed by atoms with Gasteiger partial charge in [-0.25, -0.2) is 4.98 Å². The molecule has 59 heavy (non-hydrogen) atoms. The van der Waals surface area contributed by atoms with E-state index in [0.717, 1.165) is 82.2 Å². The van der Waals surface area contributed by atoms with Gasteiger partial charge in [0.25, 0.3) is 0 Å². The molecule has 0 N–H and O–H groups in total. The van der Waals surface area contributed by atoms with E-state index in [2.05, 4.69) is 108 Å². The van der Waals surface area contributed by atoms with Crippen LogP contribution in [0.3, 0.4) is 0 Å². The summed E-state index contributed by atoms with van der Waals surface area (Å²) in [5.74, 6) is 1.40. The molecule has 0 spiro atoms. The lowest BCUT2D eigenvalue weighted by Crippen LogP contribution is -1.93. The Morgan fingerprint density at radius 2 is 0.797 bits per heavy atom. The van der Waals surface area contributed by atoms with Crippen LogP contribution in [0.2, 0.25) is 0 Å². The molecular weight excluding hydrogens is 717 g/mol. The first-order valence-corrected chi connectivity index (χ1v) is 19.5. The summed E-state index contributed by atoms with van der Waals surface area (Å²) in [6.45, 7) is 0. The number of furan rings is 1. The Morgan fingerprint density at radius 1 is 0.356 bits per heavy atom. The molecule has 12 rings (SSSR count). The Morgan fingerprint density at radius 3 is 1.41 bits per heavy atom. The Kier molecular flexibility index (Phi) is 6.09. The third kappa shape index (κ3) is 5.29. The zero-order valence-corrected chi connectivity index (χ0v) is 31.4. The molecule has 0 aliphatic heterocycles. The quantitative estimate of drug-likeness (QED) is 0.164. The number of rotatable bonds is 5. The number of nitrogens with zero attached hydrogens (tertiary/aromatic N) is 2. The Bertz CT molecular complexity index is 4030. The summed E-state index contributed by atoms with van der Waals surface area (Å²) in [5, 5.41) is 7.79. The van der Waals surface area contributed by atoms with Crippen molar-refractivity contribution >= 4 is 64.9 Å². The number of fused-ring (bicyclic) bond motifs is 7. The normalized spacial score (nSPS) is 13.4. The summed E-state index contributed by atoms with van der Waals surface area (Å²) in [6, 6.07) is 53.6. The first-order chi connectivity index (χ1) is 32.2. The second-order valence-electron chi connectivity index (χ2n) is 14.7. The van der Waals surface area contributed by atoms with Crippen LogP contribution in [0.1, 0.15) is 9.60 Å². The molecular formula is C56H34N2O. The fourth-order valence-electron chi connectivity index (χ4n) is 8.78. The van der Waals surface area contributed by atoms with E-state index in [-0.39, 0.29) is 45.6 Å².